The van der Waals surface area contributed by atoms with E-state index in [0.29, 0.717) is 21.7 Å². The Labute approximate surface area is 169 Å². The first-order chi connectivity index (χ1) is 14.0. The highest BCUT2D eigenvalue weighted by Crippen LogP contribution is 2.19. The molecule has 2 aromatic carbocycles. The molecule has 1 aromatic heterocycles. The number of carbonyl (C=O) groups is 2. The molecule has 0 atom stereocenters. The maximum Gasteiger partial charge on any atom is 0.307 e. The number of carbonyl (C=O) groups excluding carboxylic acids is 2. The number of nitrogens with zero attached hydrogens (tertiary/aromatic N) is 2. The molecule has 150 valence electrons. The molecule has 9 heteroatoms. The average molecular weight is 415 g/mol. The van der Waals surface area contributed by atoms with Gasteiger partial charge in [0.05, 0.1) is 30.2 Å². The van der Waals surface area contributed by atoms with E-state index >= 15 is 0 Å². The third kappa shape index (κ3) is 5.20. The maximum absolute atomic E-state index is 13.0. The molecule has 0 saturated heterocycles. The molecule has 3 rings (SSSR count). The third-order valence-corrected chi connectivity index (χ3v) is 5.03. The van der Waals surface area contributed by atoms with Crippen LogP contribution in [0.3, 0.4) is 0 Å². The first-order valence-electron chi connectivity index (χ1n) is 8.72. The van der Waals surface area contributed by atoms with Gasteiger partial charge in [0.2, 0.25) is 5.91 Å². The molecule has 7 nitrogen and oxygen atoms in total. The van der Waals surface area contributed by atoms with E-state index in [4.69, 9.17) is 0 Å². The minimum atomic E-state index is -0.449. The van der Waals surface area contributed by atoms with Crippen LogP contribution < -0.4 is 10.9 Å². The van der Waals surface area contributed by atoms with E-state index in [-0.39, 0.29) is 30.2 Å². The molecule has 3 aromatic rings. The Balaban J connectivity index is 1.80. The van der Waals surface area contributed by atoms with Crippen molar-refractivity contribution in [3.05, 3.63) is 64.7 Å². The van der Waals surface area contributed by atoms with Crippen molar-refractivity contribution in [3.8, 4) is 0 Å². The molecule has 0 radical (unpaired) electrons. The van der Waals surface area contributed by atoms with Crippen molar-refractivity contribution in [2.24, 2.45) is 0 Å². The second-order valence-corrected chi connectivity index (χ2v) is 6.98. The normalized spacial score (nSPS) is 10.7. The van der Waals surface area contributed by atoms with E-state index in [2.05, 4.69) is 15.0 Å². The number of halogens is 1. The van der Waals surface area contributed by atoms with Crippen molar-refractivity contribution in [2.75, 3.05) is 18.2 Å². The van der Waals surface area contributed by atoms with Crippen LogP contribution in [0.4, 0.5) is 10.1 Å². The van der Waals surface area contributed by atoms with Crippen LogP contribution in [0.1, 0.15) is 6.42 Å². The van der Waals surface area contributed by atoms with Crippen molar-refractivity contribution < 1.29 is 18.7 Å². The number of amides is 1. The number of anilines is 1. The number of rotatable bonds is 7. The largest absolute Gasteiger partial charge is 0.469 e. The Kier molecular flexibility index (Phi) is 6.61. The predicted molar refractivity (Wildman–Crippen MR) is 108 cm³/mol. The number of hydrogen-bond acceptors (Lipinski definition) is 6. The van der Waals surface area contributed by atoms with E-state index in [9.17, 15) is 18.8 Å². The van der Waals surface area contributed by atoms with Gasteiger partial charge in [-0.25, -0.2) is 9.37 Å². The van der Waals surface area contributed by atoms with Crippen LogP contribution >= 0.6 is 11.8 Å². The van der Waals surface area contributed by atoms with E-state index in [1.807, 2.05) is 0 Å². The molecular weight excluding hydrogens is 397 g/mol. The van der Waals surface area contributed by atoms with Gasteiger partial charge in [0.25, 0.3) is 5.56 Å². The fourth-order valence-electron chi connectivity index (χ4n) is 2.62. The van der Waals surface area contributed by atoms with Gasteiger partial charge in [-0.05, 0) is 36.4 Å². The van der Waals surface area contributed by atoms with Crippen LogP contribution in [0.2, 0.25) is 0 Å². The predicted octanol–water partition coefficient (Wildman–Crippen LogP) is 2.83. The molecular formula is C20H18FN3O4S. The molecule has 29 heavy (non-hydrogen) atoms. The Bertz CT molecular complexity index is 1100. The Morgan fingerprint density at radius 1 is 1.17 bits per heavy atom. The van der Waals surface area contributed by atoms with Gasteiger partial charge in [-0.15, -0.1) is 0 Å². The summed E-state index contributed by atoms with van der Waals surface area (Å²) < 4.78 is 19.0. The molecule has 0 spiro atoms. The van der Waals surface area contributed by atoms with Gasteiger partial charge in [-0.2, -0.15) is 0 Å². The zero-order chi connectivity index (χ0) is 20.8. The topological polar surface area (TPSA) is 90.3 Å². The first-order valence-corrected chi connectivity index (χ1v) is 9.71. The first kappa shape index (κ1) is 20.5. The van der Waals surface area contributed by atoms with Crippen LogP contribution in [-0.2, 0) is 20.9 Å². The second-order valence-electron chi connectivity index (χ2n) is 6.04. The Morgan fingerprint density at radius 3 is 2.62 bits per heavy atom. The molecule has 0 fully saturated rings. The lowest BCUT2D eigenvalue weighted by atomic mass is 10.2. The molecule has 0 unspecified atom stereocenters. The van der Waals surface area contributed by atoms with Crippen molar-refractivity contribution in [1.29, 1.82) is 0 Å². The summed E-state index contributed by atoms with van der Waals surface area (Å²) in [6.45, 7) is 0.0885. The van der Waals surface area contributed by atoms with Crippen molar-refractivity contribution in [1.82, 2.24) is 9.55 Å². The summed E-state index contributed by atoms with van der Waals surface area (Å²) in [6.07, 6.45) is 0.00572. The van der Waals surface area contributed by atoms with Crippen molar-refractivity contribution >= 4 is 40.2 Å². The van der Waals surface area contributed by atoms with Gasteiger partial charge in [0.15, 0.2) is 5.16 Å². The lowest BCUT2D eigenvalue weighted by molar-refractivity contribution is -0.140. The highest BCUT2D eigenvalue weighted by molar-refractivity contribution is 7.99. The lowest BCUT2D eigenvalue weighted by Crippen LogP contribution is -2.25. The van der Waals surface area contributed by atoms with E-state index in [0.717, 1.165) is 11.8 Å². The number of esters is 1. The van der Waals surface area contributed by atoms with Crippen LogP contribution in [0.25, 0.3) is 10.9 Å². The summed E-state index contributed by atoms with van der Waals surface area (Å²) >= 11 is 1.08. The minimum absolute atomic E-state index is 0.00572. The van der Waals surface area contributed by atoms with E-state index < -0.39 is 11.8 Å². The number of benzene rings is 2. The number of thioether (sulfide) groups is 1. The quantitative estimate of drug-likeness (QED) is 0.363. The summed E-state index contributed by atoms with van der Waals surface area (Å²) in [4.78, 5) is 41.1. The SMILES string of the molecule is COC(=O)CCn1c(SCC(=O)Nc2ccc(F)cc2)nc2ccccc2c1=O. The van der Waals surface area contributed by atoms with Crippen LogP contribution in [0.15, 0.2) is 58.5 Å². The molecule has 0 aliphatic carbocycles. The van der Waals surface area contributed by atoms with Crippen LogP contribution in [0.5, 0.6) is 0 Å². The van der Waals surface area contributed by atoms with Gasteiger partial charge in [0, 0.05) is 12.2 Å². The monoisotopic (exact) mass is 415 g/mol. The second kappa shape index (κ2) is 9.33. The number of aromatic nitrogens is 2. The molecule has 0 aliphatic rings. The maximum atomic E-state index is 13.0. The number of fused-ring (bicyclic) bond motifs is 1. The lowest BCUT2D eigenvalue weighted by Gasteiger charge is -2.12. The average Bonchev–Trinajstić information content (AvgIpc) is 2.73. The number of nitrogens with one attached hydrogen (secondary N) is 1. The zero-order valence-corrected chi connectivity index (χ0v) is 16.4. The standard InChI is InChI=1S/C20H18FN3O4S/c1-28-18(26)10-11-24-19(27)15-4-2-3-5-16(15)23-20(24)29-12-17(25)22-14-8-6-13(21)7-9-14/h2-9H,10-12H2,1H3,(H,22,25). The molecule has 1 N–H and O–H groups in total. The molecule has 0 saturated carbocycles. The van der Waals surface area contributed by atoms with Crippen molar-refractivity contribution in [2.45, 2.75) is 18.1 Å². The molecule has 0 bridgehead atoms. The fourth-order valence-corrected chi connectivity index (χ4v) is 3.45. The zero-order valence-electron chi connectivity index (χ0n) is 15.6. The Morgan fingerprint density at radius 2 is 1.90 bits per heavy atom. The van der Waals surface area contributed by atoms with E-state index in [1.54, 1.807) is 24.3 Å². The van der Waals surface area contributed by atoms with E-state index in [1.165, 1.54) is 35.9 Å². The number of hydrogen-bond donors (Lipinski definition) is 1. The van der Waals surface area contributed by atoms with Crippen LogP contribution in [-0.4, -0.2) is 34.3 Å². The summed E-state index contributed by atoms with van der Waals surface area (Å²) in [7, 11) is 1.28. The van der Waals surface area contributed by atoms with Crippen molar-refractivity contribution in [3.63, 3.8) is 0 Å². The van der Waals surface area contributed by atoms with Gasteiger partial charge < -0.3 is 10.1 Å². The fraction of sp³-hybridized carbons (Fsp3) is 0.200. The minimum Gasteiger partial charge on any atom is -0.469 e. The molecule has 0 aliphatic heterocycles. The highest BCUT2D eigenvalue weighted by atomic mass is 32.2. The summed E-state index contributed by atoms with van der Waals surface area (Å²) in [5.41, 5.74) is 0.681. The Hall–Kier alpha value is -3.20. The summed E-state index contributed by atoms with van der Waals surface area (Å²) in [5.74, 6) is -1.19. The highest BCUT2D eigenvalue weighted by Gasteiger charge is 2.14. The summed E-state index contributed by atoms with van der Waals surface area (Å²) in [6, 6.07) is 12.3. The number of ether oxygens (including phenoxy) is 1. The number of para-hydroxylation sites is 1. The smallest absolute Gasteiger partial charge is 0.307 e. The van der Waals surface area contributed by atoms with Gasteiger partial charge >= 0.3 is 5.97 Å². The van der Waals surface area contributed by atoms with Gasteiger partial charge in [0.1, 0.15) is 5.82 Å². The van der Waals surface area contributed by atoms with Gasteiger partial charge in [-0.1, -0.05) is 23.9 Å². The molecule has 1 amide bonds. The van der Waals surface area contributed by atoms with Gasteiger partial charge in [-0.3, -0.25) is 19.0 Å². The summed E-state index contributed by atoms with van der Waals surface area (Å²) in [5, 5.41) is 3.41. The molecule has 1 heterocycles. The number of methoxy groups -OCH3 is 1. The third-order valence-electron chi connectivity index (χ3n) is 4.05. The van der Waals surface area contributed by atoms with Crippen LogP contribution in [0, 0.1) is 5.82 Å².